The van der Waals surface area contributed by atoms with Gasteiger partial charge in [-0.3, -0.25) is 39.9 Å². The molecule has 0 aliphatic carbocycles. The van der Waals surface area contributed by atoms with E-state index in [1.807, 2.05) is 219 Å². The van der Waals surface area contributed by atoms with Crippen LogP contribution in [0.25, 0.3) is 245 Å². The van der Waals surface area contributed by atoms with E-state index in [1.165, 1.54) is 22.3 Å². The molecule has 0 radical (unpaired) electrons. The molecule has 14 aromatic carbocycles. The second-order valence-electron chi connectivity index (χ2n) is 38.8. The van der Waals surface area contributed by atoms with Crippen molar-refractivity contribution in [2.24, 2.45) is 0 Å². The van der Waals surface area contributed by atoms with Crippen LogP contribution in [0.5, 0.6) is 0 Å². The van der Waals surface area contributed by atoms with E-state index in [1.54, 1.807) is 0 Å². The number of fused-ring (bicyclic) bond motifs is 12. The van der Waals surface area contributed by atoms with Crippen LogP contribution in [0.15, 0.2) is 437 Å². The summed E-state index contributed by atoms with van der Waals surface area (Å²) in [7, 11) is 0. The summed E-state index contributed by atoms with van der Waals surface area (Å²) in [6.07, 6.45) is 7.34. The predicted molar refractivity (Wildman–Crippen MR) is 600 cm³/mol. The molecule has 0 fully saturated rings. The van der Waals surface area contributed by atoms with Gasteiger partial charge in [0.2, 0.25) is 0 Å². The molecule has 0 N–H and O–H groups in total. The van der Waals surface area contributed by atoms with Crippen LogP contribution in [-0.4, -0.2) is 39.9 Å². The molecule has 150 heavy (non-hydrogen) atoms. The Balaban J connectivity index is 0.000000125. The molecule has 12 aromatic heterocycles. The Morgan fingerprint density at radius 3 is 0.740 bits per heavy atom. The van der Waals surface area contributed by atoms with E-state index in [-0.39, 0.29) is 95.1 Å². The van der Waals surface area contributed by atoms with E-state index < -0.39 is 0 Å². The van der Waals surface area contributed by atoms with Crippen molar-refractivity contribution in [2.45, 2.75) is 66.2 Å². The van der Waals surface area contributed by atoms with Crippen LogP contribution in [-0.2, 0) is 95.1 Å². The maximum atomic E-state index is 5.35. The van der Waals surface area contributed by atoms with Gasteiger partial charge in [0.15, 0.2) is 0 Å². The molecule has 0 spiro atoms. The fourth-order valence-corrected chi connectivity index (χ4v) is 19.5. The number of para-hydroxylation sites is 2. The third-order valence-electron chi connectivity index (χ3n) is 26.8. The number of hydrogen-bond acceptors (Lipinski definition) is 8. The zero-order chi connectivity index (χ0) is 98.9. The molecule has 26 rings (SSSR count). The minimum atomic E-state index is -0.0389. The van der Waals surface area contributed by atoms with Gasteiger partial charge in [-0.15, -0.1) is 188 Å². The van der Waals surface area contributed by atoms with Gasteiger partial charge in [-0.05, 0) is 277 Å². The topological polar surface area (TPSA) is 160 Å². The molecule has 0 saturated heterocycles. The van der Waals surface area contributed by atoms with Crippen LogP contribution in [0.4, 0.5) is 0 Å². The Labute approximate surface area is 930 Å². The number of hydrogen-bond donors (Lipinski definition) is 0. The van der Waals surface area contributed by atoms with Crippen LogP contribution in [0.2, 0.25) is 0 Å². The molecular formula is C134H96N12Pt4. The van der Waals surface area contributed by atoms with Crippen LogP contribution in [0.1, 0.15) is 63.8 Å². The Kier molecular flexibility index (Phi) is 30.7. The number of aromatic nitrogens is 12. The van der Waals surface area contributed by atoms with Gasteiger partial charge in [0.1, 0.15) is 0 Å². The molecule has 0 aliphatic rings. The molecule has 0 amide bonds. The van der Waals surface area contributed by atoms with Crippen molar-refractivity contribution in [3.05, 3.63) is 484 Å². The van der Waals surface area contributed by atoms with Gasteiger partial charge in [-0.2, -0.15) is 0 Å². The Hall–Kier alpha value is -15.8. The smallest absolute Gasteiger partial charge is 0.656 e. The molecule has 0 atom stereocenters. The van der Waals surface area contributed by atoms with Gasteiger partial charge in [0.05, 0.1) is 45.6 Å². The van der Waals surface area contributed by atoms with Gasteiger partial charge in [0.25, 0.3) is 0 Å². The third-order valence-corrected chi connectivity index (χ3v) is 26.8. The number of benzene rings is 14. The average Bonchev–Trinajstić information content (AvgIpc) is 1.59. The number of rotatable bonds is 14. The van der Waals surface area contributed by atoms with Gasteiger partial charge >= 0.3 is 84.3 Å². The van der Waals surface area contributed by atoms with Gasteiger partial charge in [-0.1, -0.05) is 260 Å². The maximum absolute atomic E-state index is 5.35. The molecular weight excluding hydrogens is 2560 g/mol. The summed E-state index contributed by atoms with van der Waals surface area (Å²) in [5, 5.41) is 9.09. The van der Waals surface area contributed by atoms with Crippen molar-refractivity contribution in [2.75, 3.05) is 0 Å². The maximum Gasteiger partial charge on any atom is 2.00 e. The van der Waals surface area contributed by atoms with Crippen molar-refractivity contribution in [3.63, 3.8) is 0 Å². The fraction of sp³-hybridized carbons (Fsp3) is 0.0746. The molecule has 0 unspecified atom stereocenters. The van der Waals surface area contributed by atoms with E-state index in [0.717, 1.165) is 245 Å². The standard InChI is InChI=1S/C40H25N3.C36H33N3.C30H21N3.C28H17N3.4Pt/c1-4-13-27(14-5-1)30-23-32-33-24-31(28-15-6-2-7-16-28)26-35(38-21-12-20-36(42-38)29-17-8-3-9-18-29)40(33)43-39(32)34(25-30)37-19-10-11-22-41-37;1-35(2,3)24-19-26-27-20-25(36(4,5)6)22-29(32-17-12-16-30(38-32)23-13-8-7-9-14-23)34(27)39-33(26)28(21-24)31-15-10-11-18-37-31;1-19-15-22-23-16-20(2)18-25(28-13-8-12-26(32-28)21-9-4-3-5-10-21)30(23)33-29(22)24(17-19)27-11-6-7-14-31-27;1-2-9-19(10-3-1)24-16-8-17-26(30-24)23-14-7-12-21-20-11-6-13-22(27(20)31-28(21)23)25-15-4-5-18-29-25;;;;/h1-17,19-26H;7-13,15-22H,1-6H3;3-9,11-18H,1-2H3;1-9,11-18H;;;;/q4*-2;4*+2. The van der Waals surface area contributed by atoms with Crippen LogP contribution >= 0.6 is 0 Å². The van der Waals surface area contributed by atoms with E-state index in [2.05, 4.69) is 308 Å². The van der Waals surface area contributed by atoms with E-state index in [9.17, 15) is 0 Å². The summed E-state index contributed by atoms with van der Waals surface area (Å²) < 4.78 is 0. The summed E-state index contributed by atoms with van der Waals surface area (Å²) in [4.78, 5) is 59.7. The zero-order valence-electron chi connectivity index (χ0n) is 83.2. The first kappa shape index (κ1) is 103. The monoisotopic (exact) mass is 2650 g/mol. The first-order valence-electron chi connectivity index (χ1n) is 49.2. The normalized spacial score (nSPS) is 11.3. The SMILES string of the molecule is CC(C)(C)c1cc(-c2ccccn2)c2[n-]c3c(-c4cccc(-c5[c-]cccc5)n4)cc(C(C)(C)C)cc3c2c1.Cc1cc(-c2ccccn2)c2[n-]c3c(-c4cccc(-c5[c-]cccc5)n4)cc(C)cc3c2c1.[Pt+2].[Pt+2].[Pt+2].[Pt+2].[c-]1ccccc1-c1cccc(-c2cc(-c3ccccc3)cc3c2[n-]c2c(-c4ccccn4)cc(-c4ccccc4)cc23)n1.[c-]1ccccc1-c1cccc(-c2cccc3c2[n-]c2c(-c4ccccn4)cccc23)n1. The first-order chi connectivity index (χ1) is 71.5. The summed E-state index contributed by atoms with van der Waals surface area (Å²) >= 11 is 0. The Bertz CT molecular complexity index is 9310. The zero-order valence-corrected chi connectivity index (χ0v) is 92.3. The summed E-state index contributed by atoms with van der Waals surface area (Å²) in [6.45, 7) is 17.8. The van der Waals surface area contributed by atoms with Crippen molar-refractivity contribution in [1.82, 2.24) is 59.8 Å². The molecule has 732 valence electrons. The predicted octanol–water partition coefficient (Wildman–Crippen LogP) is 32.7. The number of nitrogens with zero attached hydrogens (tertiary/aromatic N) is 12. The molecule has 12 heterocycles. The Morgan fingerprint density at radius 2 is 0.427 bits per heavy atom. The quantitative estimate of drug-likeness (QED) is 0.0950. The van der Waals surface area contributed by atoms with E-state index >= 15 is 0 Å². The average molecular weight is 2650 g/mol. The van der Waals surface area contributed by atoms with Crippen LogP contribution < -0.4 is 19.9 Å². The first-order valence-corrected chi connectivity index (χ1v) is 49.2. The molecule has 12 nitrogen and oxygen atoms in total. The summed E-state index contributed by atoms with van der Waals surface area (Å²) in [5.74, 6) is 0. The minimum absolute atomic E-state index is 0. The second kappa shape index (κ2) is 44.7. The van der Waals surface area contributed by atoms with Crippen molar-refractivity contribution >= 4 is 87.2 Å². The van der Waals surface area contributed by atoms with Crippen LogP contribution in [0, 0.1) is 38.1 Å². The summed E-state index contributed by atoms with van der Waals surface area (Å²) in [5.41, 5.74) is 40.3. The van der Waals surface area contributed by atoms with Gasteiger partial charge < -0.3 is 19.9 Å². The molecule has 16 heteroatoms. The van der Waals surface area contributed by atoms with Crippen molar-refractivity contribution < 1.29 is 84.3 Å². The van der Waals surface area contributed by atoms with Gasteiger partial charge in [0, 0.05) is 24.8 Å². The van der Waals surface area contributed by atoms with Crippen LogP contribution in [0.3, 0.4) is 0 Å². The second-order valence-corrected chi connectivity index (χ2v) is 38.8. The van der Waals surface area contributed by atoms with E-state index in [4.69, 9.17) is 49.8 Å². The molecule has 26 aromatic rings. The molecule has 0 bridgehead atoms. The van der Waals surface area contributed by atoms with Crippen molar-refractivity contribution in [3.8, 4) is 157 Å². The third kappa shape index (κ3) is 21.1. The fourth-order valence-electron chi connectivity index (χ4n) is 19.5. The Morgan fingerprint density at radius 1 is 0.187 bits per heavy atom. The number of aryl methyl sites for hydroxylation is 2. The van der Waals surface area contributed by atoms with Crippen molar-refractivity contribution in [1.29, 1.82) is 0 Å². The number of pyridine rings is 8. The largest absolute Gasteiger partial charge is 2.00 e. The molecule has 0 aliphatic heterocycles. The van der Waals surface area contributed by atoms with Gasteiger partial charge in [-0.25, -0.2) is 0 Å². The molecule has 0 saturated carbocycles. The summed E-state index contributed by atoms with van der Waals surface area (Å²) in [6, 6.07) is 154. The van der Waals surface area contributed by atoms with E-state index in [0.29, 0.717) is 0 Å². The minimum Gasteiger partial charge on any atom is -0.656 e.